The van der Waals surface area contributed by atoms with E-state index in [1.54, 1.807) is 0 Å². The highest BCUT2D eigenvalue weighted by atomic mass is 32.2. The topological polar surface area (TPSA) is 51.1 Å². The molecule has 5 heteroatoms. The number of hydrogen-bond donors (Lipinski definition) is 1. The van der Waals surface area contributed by atoms with E-state index in [0.29, 0.717) is 12.3 Å². The van der Waals surface area contributed by atoms with E-state index >= 15 is 0 Å². The molecule has 1 aromatic carbocycles. The maximum atomic E-state index is 11.9. The molecule has 140 valence electrons. The van der Waals surface area contributed by atoms with Crippen molar-refractivity contribution in [2.75, 3.05) is 0 Å². The second-order valence-electron chi connectivity index (χ2n) is 7.56. The third-order valence-electron chi connectivity index (χ3n) is 5.65. The molecule has 0 spiro atoms. The lowest BCUT2D eigenvalue weighted by molar-refractivity contribution is -0.118. The Kier molecular flexibility index (Phi) is 4.96. The highest BCUT2D eigenvalue weighted by Gasteiger charge is 2.31. The smallest absolute Gasteiger partial charge is 0.286 e. The van der Waals surface area contributed by atoms with Crippen LogP contribution in [0.1, 0.15) is 31.7 Å². The van der Waals surface area contributed by atoms with Crippen LogP contribution in [0.5, 0.6) is 0 Å². The van der Waals surface area contributed by atoms with Crippen LogP contribution >= 0.6 is 11.8 Å². The number of carbonyl (C=O) groups excluding carboxylic acids is 2. The molecule has 1 aromatic heterocycles. The van der Waals surface area contributed by atoms with E-state index in [1.807, 2.05) is 6.07 Å². The molecule has 1 N–H and O–H groups in total. The average molecular weight is 381 g/mol. The summed E-state index contributed by atoms with van der Waals surface area (Å²) in [5.74, 6) is 0.445. The van der Waals surface area contributed by atoms with E-state index in [2.05, 4.69) is 53.9 Å². The fraction of sp³-hybridized carbons (Fsp3) is 0.364. The molecule has 2 amide bonds. The Labute approximate surface area is 163 Å². The number of amides is 2. The quantitative estimate of drug-likeness (QED) is 0.755. The minimum atomic E-state index is -0.327. The lowest BCUT2D eigenvalue weighted by atomic mass is 9.85. The van der Waals surface area contributed by atoms with Gasteiger partial charge in [-0.2, -0.15) is 0 Å². The molecular formula is C22H24N2O2S. The van der Waals surface area contributed by atoms with Gasteiger partial charge < -0.3 is 4.57 Å². The Morgan fingerprint density at radius 2 is 2.19 bits per heavy atom. The number of carbonyl (C=O) groups is 2. The molecule has 0 saturated carbocycles. The summed E-state index contributed by atoms with van der Waals surface area (Å²) in [4.78, 5) is 23.3. The van der Waals surface area contributed by atoms with E-state index in [9.17, 15) is 9.59 Å². The van der Waals surface area contributed by atoms with Crippen molar-refractivity contribution in [1.29, 1.82) is 0 Å². The van der Waals surface area contributed by atoms with Crippen LogP contribution < -0.4 is 5.32 Å². The van der Waals surface area contributed by atoms with Crippen LogP contribution in [-0.4, -0.2) is 21.0 Å². The van der Waals surface area contributed by atoms with E-state index in [0.717, 1.165) is 36.7 Å². The lowest BCUT2D eigenvalue weighted by Gasteiger charge is -2.22. The Bertz CT molecular complexity index is 956. The van der Waals surface area contributed by atoms with Gasteiger partial charge in [0.25, 0.3) is 5.24 Å². The molecule has 27 heavy (non-hydrogen) atoms. The average Bonchev–Trinajstić information content (AvgIpc) is 3.19. The summed E-state index contributed by atoms with van der Waals surface area (Å²) in [7, 11) is 0. The van der Waals surface area contributed by atoms with Crippen molar-refractivity contribution in [3.8, 4) is 0 Å². The molecule has 1 aliphatic carbocycles. The molecule has 1 unspecified atom stereocenters. The predicted octanol–water partition coefficient (Wildman–Crippen LogP) is 4.84. The largest absolute Gasteiger partial charge is 0.343 e. The van der Waals surface area contributed by atoms with Gasteiger partial charge in [-0.25, -0.2) is 0 Å². The molecule has 2 aliphatic rings. The van der Waals surface area contributed by atoms with E-state index in [1.165, 1.54) is 28.5 Å². The van der Waals surface area contributed by atoms with Gasteiger partial charge in [0.1, 0.15) is 0 Å². The van der Waals surface area contributed by atoms with Gasteiger partial charge in [-0.1, -0.05) is 47.7 Å². The van der Waals surface area contributed by atoms with Gasteiger partial charge in [0.2, 0.25) is 5.91 Å². The highest BCUT2D eigenvalue weighted by molar-refractivity contribution is 8.15. The summed E-state index contributed by atoms with van der Waals surface area (Å²) in [5.41, 5.74) is 5.07. The lowest BCUT2D eigenvalue weighted by Crippen LogP contribution is -2.25. The molecule has 1 saturated heterocycles. The minimum Gasteiger partial charge on any atom is -0.343 e. The summed E-state index contributed by atoms with van der Waals surface area (Å²) in [5, 5.41) is 2.97. The SMILES string of the molecule is C=C(C)[C@@H]1CC=C(Cn2ccc3c(CC4SC(=O)NC4=O)cccc32)CC1. The van der Waals surface area contributed by atoms with Crippen molar-refractivity contribution >= 4 is 33.8 Å². The first-order chi connectivity index (χ1) is 13.0. The van der Waals surface area contributed by atoms with Crippen molar-refractivity contribution < 1.29 is 9.59 Å². The third kappa shape index (κ3) is 3.74. The number of allylic oxidation sites excluding steroid dienone is 3. The zero-order chi connectivity index (χ0) is 19.0. The summed E-state index contributed by atoms with van der Waals surface area (Å²) in [6.45, 7) is 7.13. The number of benzene rings is 1. The zero-order valence-corrected chi connectivity index (χ0v) is 16.3. The fourth-order valence-corrected chi connectivity index (χ4v) is 4.88. The minimum absolute atomic E-state index is 0.180. The van der Waals surface area contributed by atoms with Crippen molar-refractivity contribution in [2.45, 2.75) is 44.4 Å². The molecular weight excluding hydrogens is 356 g/mol. The van der Waals surface area contributed by atoms with Gasteiger partial charge in [-0.15, -0.1) is 0 Å². The van der Waals surface area contributed by atoms with Crippen molar-refractivity contribution in [2.24, 2.45) is 5.92 Å². The number of nitrogens with zero attached hydrogens (tertiary/aromatic N) is 1. The number of nitrogens with one attached hydrogen (secondary N) is 1. The highest BCUT2D eigenvalue weighted by Crippen LogP contribution is 2.31. The molecule has 0 bridgehead atoms. The number of aromatic nitrogens is 1. The molecule has 2 atom stereocenters. The second-order valence-corrected chi connectivity index (χ2v) is 8.74. The summed E-state index contributed by atoms with van der Waals surface area (Å²) in [6.07, 6.45) is 8.49. The Morgan fingerprint density at radius 1 is 1.33 bits per heavy atom. The second kappa shape index (κ2) is 7.39. The maximum Gasteiger partial charge on any atom is 0.286 e. The monoisotopic (exact) mass is 380 g/mol. The molecule has 2 heterocycles. The van der Waals surface area contributed by atoms with Crippen LogP contribution in [0.3, 0.4) is 0 Å². The van der Waals surface area contributed by atoms with Crippen LogP contribution in [0.2, 0.25) is 0 Å². The Hall–Kier alpha value is -2.27. The van der Waals surface area contributed by atoms with Crippen molar-refractivity contribution in [3.05, 3.63) is 59.8 Å². The maximum absolute atomic E-state index is 11.9. The molecule has 4 rings (SSSR count). The standard InChI is InChI=1S/C22H24N2O2S/c1-14(2)16-8-6-15(7-9-16)13-24-11-10-18-17(4-3-5-19(18)24)12-20-21(25)23-22(26)27-20/h3-6,10-11,16,20H,1,7-9,12-13H2,2H3,(H,23,25,26)/t16-,20?/m1/s1. The van der Waals surface area contributed by atoms with Crippen LogP contribution in [0.15, 0.2) is 54.3 Å². The number of hydrogen-bond acceptors (Lipinski definition) is 3. The van der Waals surface area contributed by atoms with Gasteiger partial charge in [-0.3, -0.25) is 14.9 Å². The molecule has 2 aromatic rings. The van der Waals surface area contributed by atoms with Crippen LogP contribution in [0.4, 0.5) is 4.79 Å². The fourth-order valence-electron chi connectivity index (χ4n) is 4.03. The molecule has 0 radical (unpaired) electrons. The predicted molar refractivity (Wildman–Crippen MR) is 111 cm³/mol. The van der Waals surface area contributed by atoms with E-state index in [4.69, 9.17) is 0 Å². The molecule has 1 aliphatic heterocycles. The number of imide groups is 1. The van der Waals surface area contributed by atoms with E-state index < -0.39 is 0 Å². The first kappa shape index (κ1) is 18.1. The summed E-state index contributed by atoms with van der Waals surface area (Å²) >= 11 is 1.09. The van der Waals surface area contributed by atoms with Gasteiger partial charge >= 0.3 is 0 Å². The summed E-state index contributed by atoms with van der Waals surface area (Å²) < 4.78 is 2.29. The van der Waals surface area contributed by atoms with Crippen LogP contribution in [-0.2, 0) is 17.8 Å². The molecule has 4 nitrogen and oxygen atoms in total. The van der Waals surface area contributed by atoms with Gasteiger partial charge in [0.05, 0.1) is 5.25 Å². The first-order valence-electron chi connectivity index (χ1n) is 9.43. The number of thioether (sulfide) groups is 1. The normalized spacial score (nSPS) is 22.8. The van der Waals surface area contributed by atoms with Gasteiger partial charge in [0.15, 0.2) is 0 Å². The first-order valence-corrected chi connectivity index (χ1v) is 10.3. The Morgan fingerprint density at radius 3 is 2.85 bits per heavy atom. The summed E-state index contributed by atoms with van der Waals surface area (Å²) in [6, 6.07) is 8.36. The number of rotatable bonds is 5. The van der Waals surface area contributed by atoms with Gasteiger partial charge in [-0.05, 0) is 56.2 Å². The third-order valence-corrected chi connectivity index (χ3v) is 6.63. The van der Waals surface area contributed by atoms with Crippen molar-refractivity contribution in [1.82, 2.24) is 9.88 Å². The van der Waals surface area contributed by atoms with E-state index in [-0.39, 0.29) is 16.4 Å². The molecule has 1 fully saturated rings. The van der Waals surface area contributed by atoms with Crippen LogP contribution in [0.25, 0.3) is 10.9 Å². The van der Waals surface area contributed by atoms with Gasteiger partial charge in [0, 0.05) is 23.6 Å². The Balaban J connectivity index is 1.53. The zero-order valence-electron chi connectivity index (χ0n) is 15.5. The van der Waals surface area contributed by atoms with Crippen LogP contribution in [0, 0.1) is 5.92 Å². The van der Waals surface area contributed by atoms with Crippen molar-refractivity contribution in [3.63, 3.8) is 0 Å². The number of fused-ring (bicyclic) bond motifs is 1.